The molecule has 3 aromatic rings. The first-order valence-electron chi connectivity index (χ1n) is 9.07. The summed E-state index contributed by atoms with van der Waals surface area (Å²) in [6.45, 7) is 0.185. The van der Waals surface area contributed by atoms with E-state index in [0.29, 0.717) is 11.3 Å². The van der Waals surface area contributed by atoms with Crippen molar-refractivity contribution in [2.75, 3.05) is 7.11 Å². The summed E-state index contributed by atoms with van der Waals surface area (Å²) in [5.74, 6) is 0.688. The van der Waals surface area contributed by atoms with Gasteiger partial charge in [0.1, 0.15) is 5.75 Å². The van der Waals surface area contributed by atoms with Gasteiger partial charge in [0.2, 0.25) is 5.72 Å². The van der Waals surface area contributed by atoms with Crippen molar-refractivity contribution in [3.8, 4) is 5.75 Å². The fourth-order valence-corrected chi connectivity index (χ4v) is 3.58. The number of carbonyl (C=O) groups is 1. The Labute approximate surface area is 163 Å². The molecule has 0 bridgehead atoms. The van der Waals surface area contributed by atoms with Gasteiger partial charge >= 0.3 is 6.09 Å². The fraction of sp³-hybridized carbons (Fsp3) is 0.174. The molecule has 1 amide bonds. The summed E-state index contributed by atoms with van der Waals surface area (Å²) in [4.78, 5) is 14.2. The van der Waals surface area contributed by atoms with Crippen LogP contribution in [0.15, 0.2) is 84.9 Å². The van der Waals surface area contributed by atoms with Crippen molar-refractivity contribution in [1.29, 1.82) is 0 Å². The SMILES string of the molecule is COc1cccc(CN2C(=O)O[C@H](c3ccccc3)[C@]2(O)c2ccccc2)c1. The van der Waals surface area contributed by atoms with Crippen LogP contribution < -0.4 is 4.74 Å². The van der Waals surface area contributed by atoms with Gasteiger partial charge < -0.3 is 14.6 Å². The number of carbonyl (C=O) groups excluding carboxylic acids is 1. The van der Waals surface area contributed by atoms with Crippen LogP contribution in [0, 0.1) is 0 Å². The second-order valence-electron chi connectivity index (χ2n) is 6.70. The molecular formula is C23H21NO4. The summed E-state index contributed by atoms with van der Waals surface area (Å²) < 4.78 is 10.9. The number of ether oxygens (including phenoxy) is 2. The van der Waals surface area contributed by atoms with Gasteiger partial charge in [-0.05, 0) is 23.3 Å². The second-order valence-corrected chi connectivity index (χ2v) is 6.70. The van der Waals surface area contributed by atoms with Crippen LogP contribution in [0.4, 0.5) is 4.79 Å². The molecule has 2 atom stereocenters. The Hall–Kier alpha value is -3.31. The number of rotatable bonds is 5. The Kier molecular flexibility index (Phi) is 4.75. The minimum Gasteiger partial charge on any atom is -0.497 e. The van der Waals surface area contributed by atoms with E-state index in [-0.39, 0.29) is 6.54 Å². The summed E-state index contributed by atoms with van der Waals surface area (Å²) in [6, 6.07) is 25.9. The maximum Gasteiger partial charge on any atom is 0.413 e. The summed E-state index contributed by atoms with van der Waals surface area (Å²) in [6.07, 6.45) is -1.41. The minimum absolute atomic E-state index is 0.185. The van der Waals surface area contributed by atoms with Crippen LogP contribution in [0.5, 0.6) is 5.75 Å². The lowest BCUT2D eigenvalue weighted by Crippen LogP contribution is -2.45. The van der Waals surface area contributed by atoms with E-state index in [2.05, 4.69) is 0 Å². The molecule has 5 nitrogen and oxygen atoms in total. The van der Waals surface area contributed by atoms with E-state index in [9.17, 15) is 9.90 Å². The van der Waals surface area contributed by atoms with Crippen LogP contribution in [0.2, 0.25) is 0 Å². The minimum atomic E-state index is -1.64. The average molecular weight is 375 g/mol. The molecule has 28 heavy (non-hydrogen) atoms. The van der Waals surface area contributed by atoms with Gasteiger partial charge in [-0.15, -0.1) is 0 Å². The van der Waals surface area contributed by atoms with E-state index in [0.717, 1.165) is 11.1 Å². The van der Waals surface area contributed by atoms with Crippen molar-refractivity contribution in [1.82, 2.24) is 4.90 Å². The van der Waals surface area contributed by atoms with Gasteiger partial charge in [0.05, 0.1) is 13.7 Å². The quantitative estimate of drug-likeness (QED) is 0.725. The molecule has 1 aliphatic rings. The molecule has 0 aromatic heterocycles. The highest BCUT2D eigenvalue weighted by Gasteiger charge is 2.55. The molecule has 0 aliphatic carbocycles. The fourth-order valence-electron chi connectivity index (χ4n) is 3.58. The number of nitrogens with zero attached hydrogens (tertiary/aromatic N) is 1. The average Bonchev–Trinajstić information content (AvgIpc) is 3.01. The van der Waals surface area contributed by atoms with Crippen molar-refractivity contribution in [3.63, 3.8) is 0 Å². The maximum absolute atomic E-state index is 12.8. The smallest absolute Gasteiger partial charge is 0.413 e. The van der Waals surface area contributed by atoms with Gasteiger partial charge in [0.25, 0.3) is 0 Å². The van der Waals surface area contributed by atoms with Crippen molar-refractivity contribution in [2.24, 2.45) is 0 Å². The lowest BCUT2D eigenvalue weighted by molar-refractivity contribution is -0.113. The summed E-state index contributed by atoms with van der Waals surface area (Å²) in [5, 5.41) is 11.8. The molecule has 1 fully saturated rings. The molecule has 3 aromatic carbocycles. The molecule has 0 unspecified atom stereocenters. The summed E-state index contributed by atoms with van der Waals surface area (Å²) in [5.41, 5.74) is 0.523. The highest BCUT2D eigenvalue weighted by atomic mass is 16.6. The summed E-state index contributed by atoms with van der Waals surface area (Å²) in [7, 11) is 1.59. The Balaban J connectivity index is 1.78. The number of methoxy groups -OCH3 is 1. The van der Waals surface area contributed by atoms with Crippen LogP contribution in [0.3, 0.4) is 0 Å². The van der Waals surface area contributed by atoms with E-state index >= 15 is 0 Å². The molecule has 1 N–H and O–H groups in total. The number of hydrogen-bond donors (Lipinski definition) is 1. The number of benzene rings is 3. The van der Waals surface area contributed by atoms with E-state index in [1.54, 1.807) is 19.2 Å². The normalized spacial score (nSPS) is 21.4. The van der Waals surface area contributed by atoms with Gasteiger partial charge in [-0.2, -0.15) is 0 Å². The molecule has 0 saturated carbocycles. The lowest BCUT2D eigenvalue weighted by atomic mass is 9.91. The zero-order valence-corrected chi connectivity index (χ0v) is 15.5. The van der Waals surface area contributed by atoms with E-state index < -0.39 is 17.9 Å². The van der Waals surface area contributed by atoms with E-state index in [1.165, 1.54) is 4.90 Å². The molecule has 5 heteroatoms. The Morgan fingerprint density at radius 3 is 2.36 bits per heavy atom. The first kappa shape index (κ1) is 18.1. The van der Waals surface area contributed by atoms with Crippen LogP contribution >= 0.6 is 0 Å². The third-order valence-electron chi connectivity index (χ3n) is 4.99. The van der Waals surface area contributed by atoms with Crippen LogP contribution in [0.25, 0.3) is 0 Å². The molecule has 142 valence electrons. The van der Waals surface area contributed by atoms with Crippen molar-refractivity contribution in [2.45, 2.75) is 18.4 Å². The molecular weight excluding hydrogens is 354 g/mol. The van der Waals surface area contributed by atoms with Crippen molar-refractivity contribution < 1.29 is 19.4 Å². The largest absolute Gasteiger partial charge is 0.497 e. The van der Waals surface area contributed by atoms with Gasteiger partial charge in [0.15, 0.2) is 6.10 Å². The van der Waals surface area contributed by atoms with E-state index in [1.807, 2.05) is 72.8 Å². The first-order chi connectivity index (χ1) is 13.6. The van der Waals surface area contributed by atoms with Crippen LogP contribution in [-0.2, 0) is 17.0 Å². The number of aliphatic hydroxyl groups is 1. The molecule has 0 spiro atoms. The standard InChI is InChI=1S/C23H21NO4/c1-27-20-14-8-9-17(15-20)16-24-22(25)28-21(18-10-4-2-5-11-18)23(24,26)19-12-6-3-7-13-19/h2-15,21,26H,16H2,1H3/t21-,23-/m1/s1. The van der Waals surface area contributed by atoms with Gasteiger partial charge in [-0.1, -0.05) is 72.8 Å². The second kappa shape index (κ2) is 7.37. The predicted molar refractivity (Wildman–Crippen MR) is 105 cm³/mol. The molecule has 1 heterocycles. The van der Waals surface area contributed by atoms with Crippen LogP contribution in [0.1, 0.15) is 22.8 Å². The number of hydrogen-bond acceptors (Lipinski definition) is 4. The molecule has 1 aliphatic heterocycles. The maximum atomic E-state index is 12.8. The van der Waals surface area contributed by atoms with E-state index in [4.69, 9.17) is 9.47 Å². The van der Waals surface area contributed by atoms with Crippen molar-refractivity contribution in [3.05, 3.63) is 102 Å². The Morgan fingerprint density at radius 1 is 1.00 bits per heavy atom. The highest BCUT2D eigenvalue weighted by Crippen LogP contribution is 2.47. The first-order valence-corrected chi connectivity index (χ1v) is 9.07. The Morgan fingerprint density at radius 2 is 1.68 bits per heavy atom. The molecule has 1 saturated heterocycles. The number of cyclic esters (lactones) is 1. The van der Waals surface area contributed by atoms with Gasteiger partial charge in [0, 0.05) is 5.56 Å². The zero-order chi connectivity index (χ0) is 19.6. The van der Waals surface area contributed by atoms with Gasteiger partial charge in [-0.25, -0.2) is 4.79 Å². The Bertz CT molecular complexity index is 961. The molecule has 0 radical (unpaired) electrons. The van der Waals surface area contributed by atoms with Crippen LogP contribution in [-0.4, -0.2) is 23.2 Å². The van der Waals surface area contributed by atoms with Crippen molar-refractivity contribution >= 4 is 6.09 Å². The lowest BCUT2D eigenvalue weighted by Gasteiger charge is -2.34. The zero-order valence-electron chi connectivity index (χ0n) is 15.5. The monoisotopic (exact) mass is 375 g/mol. The third kappa shape index (κ3) is 3.10. The summed E-state index contributed by atoms with van der Waals surface area (Å²) >= 11 is 0. The molecule has 4 rings (SSSR count). The predicted octanol–water partition coefficient (Wildman–Crippen LogP) is 4.23. The topological polar surface area (TPSA) is 59.0 Å². The highest BCUT2D eigenvalue weighted by molar-refractivity contribution is 5.72. The third-order valence-corrected chi connectivity index (χ3v) is 4.99. The number of amides is 1. The van der Waals surface area contributed by atoms with Gasteiger partial charge in [-0.3, -0.25) is 4.90 Å².